The average molecular weight is 122 g/mol. The smallest absolute Gasteiger partial charge is 0.0957 e. The van der Waals surface area contributed by atoms with Crippen LogP contribution in [0, 0.1) is 12.3 Å². The van der Waals surface area contributed by atoms with Crippen molar-refractivity contribution in [3.63, 3.8) is 0 Å². The van der Waals surface area contributed by atoms with Crippen molar-refractivity contribution < 1.29 is 0 Å². The molecule has 0 heterocycles. The molecule has 0 saturated heterocycles. The third kappa shape index (κ3) is 4.63. The molecule has 0 aliphatic carbocycles. The van der Waals surface area contributed by atoms with Gasteiger partial charge in [0.05, 0.1) is 5.84 Å². The van der Waals surface area contributed by atoms with Gasteiger partial charge < -0.3 is 5.73 Å². The van der Waals surface area contributed by atoms with E-state index < -0.39 is 0 Å². The molecule has 0 aromatic rings. The van der Waals surface area contributed by atoms with Gasteiger partial charge in [0.2, 0.25) is 0 Å². The van der Waals surface area contributed by atoms with Crippen molar-refractivity contribution in [1.29, 1.82) is 0 Å². The lowest BCUT2D eigenvalue weighted by Crippen LogP contribution is -2.03. The minimum Gasteiger partial charge on any atom is -0.387 e. The standard InChI is InChI=1S/C7H10N2/c1-4-6(2)5-9-7(3)8/h1,5H,2-3H3,(H2,8,9)/b6-5+. The quantitative estimate of drug-likeness (QED) is 0.313. The highest BCUT2D eigenvalue weighted by molar-refractivity contribution is 5.78. The van der Waals surface area contributed by atoms with Gasteiger partial charge in [-0.2, -0.15) is 0 Å². The number of amidine groups is 1. The summed E-state index contributed by atoms with van der Waals surface area (Å²) in [6, 6.07) is 0. The second kappa shape index (κ2) is 3.73. The van der Waals surface area contributed by atoms with Gasteiger partial charge in [0.15, 0.2) is 0 Å². The highest BCUT2D eigenvalue weighted by Gasteiger charge is 1.76. The van der Waals surface area contributed by atoms with Crippen LogP contribution in [0.1, 0.15) is 13.8 Å². The number of hydrogen-bond acceptors (Lipinski definition) is 1. The summed E-state index contributed by atoms with van der Waals surface area (Å²) in [4.78, 5) is 3.79. The number of rotatable bonds is 1. The Morgan fingerprint density at radius 1 is 1.67 bits per heavy atom. The lowest BCUT2D eigenvalue weighted by atomic mass is 10.4. The van der Waals surface area contributed by atoms with Crippen LogP contribution in [0.15, 0.2) is 16.8 Å². The molecule has 2 nitrogen and oxygen atoms in total. The number of hydrogen-bond donors (Lipinski definition) is 1. The van der Waals surface area contributed by atoms with E-state index in [4.69, 9.17) is 12.2 Å². The first-order chi connectivity index (χ1) is 4.16. The second-order valence-electron chi connectivity index (χ2n) is 1.73. The maximum Gasteiger partial charge on any atom is 0.0957 e. The summed E-state index contributed by atoms with van der Waals surface area (Å²) in [5, 5.41) is 0. The maximum atomic E-state index is 5.23. The SMILES string of the molecule is C#C/C(C)=C/N=C(C)N. The molecule has 0 amide bonds. The molecule has 0 aliphatic rings. The molecule has 0 rings (SSSR count). The normalized spacial score (nSPS) is 13.0. The summed E-state index contributed by atoms with van der Waals surface area (Å²) in [6.45, 7) is 3.51. The number of allylic oxidation sites excluding steroid dienone is 1. The van der Waals surface area contributed by atoms with E-state index in [1.54, 1.807) is 20.0 Å². The first-order valence-electron chi connectivity index (χ1n) is 2.60. The summed E-state index contributed by atoms with van der Waals surface area (Å²) >= 11 is 0. The molecule has 48 valence electrons. The molecule has 0 fully saturated rings. The molecule has 0 spiro atoms. The zero-order chi connectivity index (χ0) is 7.28. The molecule has 0 aliphatic heterocycles. The van der Waals surface area contributed by atoms with Gasteiger partial charge in [0.25, 0.3) is 0 Å². The van der Waals surface area contributed by atoms with Gasteiger partial charge in [-0.1, -0.05) is 5.92 Å². The van der Waals surface area contributed by atoms with Crippen LogP contribution < -0.4 is 5.73 Å². The van der Waals surface area contributed by atoms with Crippen molar-refractivity contribution in [3.8, 4) is 12.3 Å². The molecule has 0 aromatic heterocycles. The molecule has 0 unspecified atom stereocenters. The molecule has 9 heavy (non-hydrogen) atoms. The Morgan fingerprint density at radius 2 is 2.22 bits per heavy atom. The molecule has 2 N–H and O–H groups in total. The van der Waals surface area contributed by atoms with Gasteiger partial charge in [0.1, 0.15) is 0 Å². The fraction of sp³-hybridized carbons (Fsp3) is 0.286. The average Bonchev–Trinajstić information content (AvgIpc) is 1.83. The van der Waals surface area contributed by atoms with Crippen LogP contribution in [-0.4, -0.2) is 5.84 Å². The van der Waals surface area contributed by atoms with Crippen LogP contribution in [0.4, 0.5) is 0 Å². The molecule has 0 radical (unpaired) electrons. The molecule has 0 atom stereocenters. The zero-order valence-electron chi connectivity index (χ0n) is 5.68. The number of aliphatic imine (C=N–C) groups is 1. The van der Waals surface area contributed by atoms with Gasteiger partial charge in [-0.05, 0) is 13.8 Å². The van der Waals surface area contributed by atoms with Crippen LogP contribution in [0.2, 0.25) is 0 Å². The van der Waals surface area contributed by atoms with Crippen molar-refractivity contribution in [2.45, 2.75) is 13.8 Å². The largest absolute Gasteiger partial charge is 0.387 e. The van der Waals surface area contributed by atoms with Crippen LogP contribution in [0.25, 0.3) is 0 Å². The highest BCUT2D eigenvalue weighted by Crippen LogP contribution is 1.87. The monoisotopic (exact) mass is 122 g/mol. The van der Waals surface area contributed by atoms with E-state index in [2.05, 4.69) is 10.9 Å². The lowest BCUT2D eigenvalue weighted by Gasteiger charge is -1.84. The third-order valence-corrected chi connectivity index (χ3v) is 0.690. The molecule has 2 heteroatoms. The van der Waals surface area contributed by atoms with E-state index in [0.29, 0.717) is 5.84 Å². The fourth-order valence-electron chi connectivity index (χ4n) is 0.236. The summed E-state index contributed by atoms with van der Waals surface area (Å²) in [5.41, 5.74) is 6.01. The first-order valence-corrected chi connectivity index (χ1v) is 2.60. The van der Waals surface area contributed by atoms with Gasteiger partial charge in [-0.15, -0.1) is 6.42 Å². The van der Waals surface area contributed by atoms with E-state index >= 15 is 0 Å². The van der Waals surface area contributed by atoms with E-state index in [1.165, 1.54) is 0 Å². The summed E-state index contributed by atoms with van der Waals surface area (Å²) < 4.78 is 0. The van der Waals surface area contributed by atoms with Crippen molar-refractivity contribution >= 4 is 5.84 Å². The highest BCUT2D eigenvalue weighted by atomic mass is 14.8. The Morgan fingerprint density at radius 3 is 2.56 bits per heavy atom. The molecule has 0 aromatic carbocycles. The Kier molecular flexibility index (Phi) is 3.22. The van der Waals surface area contributed by atoms with Crippen molar-refractivity contribution in [3.05, 3.63) is 11.8 Å². The van der Waals surface area contributed by atoms with Crippen molar-refractivity contribution in [1.82, 2.24) is 0 Å². The van der Waals surface area contributed by atoms with Crippen molar-refractivity contribution in [2.75, 3.05) is 0 Å². The molecule has 0 saturated carbocycles. The van der Waals surface area contributed by atoms with Gasteiger partial charge in [-0.25, -0.2) is 4.99 Å². The van der Waals surface area contributed by atoms with Gasteiger partial charge in [0, 0.05) is 11.8 Å². The van der Waals surface area contributed by atoms with E-state index in [9.17, 15) is 0 Å². The van der Waals surface area contributed by atoms with E-state index in [0.717, 1.165) is 5.57 Å². The minimum absolute atomic E-state index is 0.518. The van der Waals surface area contributed by atoms with Crippen LogP contribution >= 0.6 is 0 Å². The zero-order valence-corrected chi connectivity index (χ0v) is 5.68. The van der Waals surface area contributed by atoms with Crippen LogP contribution in [0.5, 0.6) is 0 Å². The number of terminal acetylenes is 1. The van der Waals surface area contributed by atoms with Gasteiger partial charge in [-0.3, -0.25) is 0 Å². The van der Waals surface area contributed by atoms with Gasteiger partial charge >= 0.3 is 0 Å². The summed E-state index contributed by atoms with van der Waals surface area (Å²) in [6.07, 6.45) is 6.59. The van der Waals surface area contributed by atoms with Crippen LogP contribution in [0.3, 0.4) is 0 Å². The Balaban J connectivity index is 4.03. The first kappa shape index (κ1) is 7.77. The Labute approximate surface area is 55.5 Å². The minimum atomic E-state index is 0.518. The van der Waals surface area contributed by atoms with Crippen molar-refractivity contribution in [2.24, 2.45) is 10.7 Å². The third-order valence-electron chi connectivity index (χ3n) is 0.690. The second-order valence-corrected chi connectivity index (χ2v) is 1.73. The van der Waals surface area contributed by atoms with E-state index in [1.807, 2.05) is 0 Å². The Hall–Kier alpha value is -1.23. The Bertz CT molecular complexity index is 178. The molecular weight excluding hydrogens is 112 g/mol. The molecule has 0 bridgehead atoms. The number of nitrogens with two attached hydrogens (primary N) is 1. The topological polar surface area (TPSA) is 38.4 Å². The van der Waals surface area contributed by atoms with E-state index in [-0.39, 0.29) is 0 Å². The number of nitrogens with zero attached hydrogens (tertiary/aromatic N) is 1. The molecular formula is C7H10N2. The predicted molar refractivity (Wildman–Crippen MR) is 39.9 cm³/mol. The lowest BCUT2D eigenvalue weighted by molar-refractivity contribution is 1.41. The predicted octanol–water partition coefficient (Wildman–Crippen LogP) is 0.901. The summed E-state index contributed by atoms with van der Waals surface area (Å²) in [5.74, 6) is 2.94. The fourth-order valence-corrected chi connectivity index (χ4v) is 0.236. The maximum absolute atomic E-state index is 5.23. The summed E-state index contributed by atoms with van der Waals surface area (Å²) in [7, 11) is 0. The van der Waals surface area contributed by atoms with Crippen LogP contribution in [-0.2, 0) is 0 Å².